The largest absolute Gasteiger partial charge is 0.366 e. The number of aryl methyl sites for hydroxylation is 2. The Morgan fingerprint density at radius 1 is 1.37 bits per heavy atom. The SMILES string of the molecule is Cc1ccc(C)c(N2CCC(CC#N)CC2(C)C)c1. The van der Waals surface area contributed by atoms with Gasteiger partial charge in [-0.25, -0.2) is 0 Å². The molecule has 0 aliphatic carbocycles. The molecule has 0 saturated carbocycles. The average molecular weight is 256 g/mol. The molecule has 2 rings (SSSR count). The third-order valence-corrected chi connectivity index (χ3v) is 4.32. The topological polar surface area (TPSA) is 27.0 Å². The van der Waals surface area contributed by atoms with Crippen molar-refractivity contribution in [2.45, 2.75) is 52.5 Å². The van der Waals surface area contributed by atoms with Gasteiger partial charge in [0.1, 0.15) is 0 Å². The monoisotopic (exact) mass is 256 g/mol. The van der Waals surface area contributed by atoms with E-state index in [0.717, 1.165) is 19.4 Å². The predicted molar refractivity (Wildman–Crippen MR) is 80.3 cm³/mol. The van der Waals surface area contributed by atoms with Crippen LogP contribution in [0.1, 0.15) is 44.2 Å². The Hall–Kier alpha value is -1.49. The molecule has 0 aromatic heterocycles. The summed E-state index contributed by atoms with van der Waals surface area (Å²) in [4.78, 5) is 2.53. The van der Waals surface area contributed by atoms with Gasteiger partial charge in [0.25, 0.3) is 0 Å². The summed E-state index contributed by atoms with van der Waals surface area (Å²) in [5.41, 5.74) is 4.16. The van der Waals surface area contributed by atoms with E-state index < -0.39 is 0 Å². The van der Waals surface area contributed by atoms with Crippen LogP contribution in [0.15, 0.2) is 18.2 Å². The molecule has 1 saturated heterocycles. The van der Waals surface area contributed by atoms with E-state index in [1.54, 1.807) is 0 Å². The second kappa shape index (κ2) is 5.25. The summed E-state index contributed by atoms with van der Waals surface area (Å²) >= 11 is 0. The molecule has 0 bridgehead atoms. The van der Waals surface area contributed by atoms with Crippen molar-refractivity contribution in [2.24, 2.45) is 5.92 Å². The average Bonchev–Trinajstić information content (AvgIpc) is 2.32. The molecule has 0 amide bonds. The Labute approximate surface area is 117 Å². The molecule has 1 aromatic rings. The van der Waals surface area contributed by atoms with E-state index in [1.807, 2.05) is 0 Å². The molecule has 0 radical (unpaired) electrons. The van der Waals surface area contributed by atoms with Crippen molar-refractivity contribution in [2.75, 3.05) is 11.4 Å². The number of anilines is 1. The smallest absolute Gasteiger partial charge is 0.0624 e. The Kier molecular flexibility index (Phi) is 3.85. The zero-order valence-corrected chi connectivity index (χ0v) is 12.5. The van der Waals surface area contributed by atoms with Gasteiger partial charge in [-0.05, 0) is 63.6 Å². The summed E-state index contributed by atoms with van der Waals surface area (Å²) in [6.07, 6.45) is 2.93. The first-order chi connectivity index (χ1) is 8.94. The number of nitrogens with zero attached hydrogens (tertiary/aromatic N) is 2. The highest BCUT2D eigenvalue weighted by atomic mass is 15.2. The van der Waals surface area contributed by atoms with Crippen LogP contribution in [0, 0.1) is 31.1 Å². The normalized spacial score (nSPS) is 22.1. The summed E-state index contributed by atoms with van der Waals surface area (Å²) in [6, 6.07) is 9.01. The fourth-order valence-electron chi connectivity index (χ4n) is 3.29. The van der Waals surface area contributed by atoms with Gasteiger partial charge in [-0.2, -0.15) is 5.26 Å². The molecular weight excluding hydrogens is 232 g/mol. The maximum Gasteiger partial charge on any atom is 0.0624 e. The second-order valence-electron chi connectivity index (χ2n) is 6.48. The van der Waals surface area contributed by atoms with Crippen LogP contribution in [0.2, 0.25) is 0 Å². The van der Waals surface area contributed by atoms with Crippen LogP contribution in [0.3, 0.4) is 0 Å². The molecule has 1 unspecified atom stereocenters. The van der Waals surface area contributed by atoms with Gasteiger partial charge in [-0.3, -0.25) is 0 Å². The van der Waals surface area contributed by atoms with E-state index in [4.69, 9.17) is 5.26 Å². The van der Waals surface area contributed by atoms with Gasteiger partial charge in [0.15, 0.2) is 0 Å². The third-order valence-electron chi connectivity index (χ3n) is 4.32. The molecule has 102 valence electrons. The molecule has 19 heavy (non-hydrogen) atoms. The van der Waals surface area contributed by atoms with Gasteiger partial charge >= 0.3 is 0 Å². The molecule has 1 aliphatic heterocycles. The van der Waals surface area contributed by atoms with Gasteiger partial charge < -0.3 is 4.90 Å². The minimum Gasteiger partial charge on any atom is -0.366 e. The van der Waals surface area contributed by atoms with Crippen molar-refractivity contribution >= 4 is 5.69 Å². The first kappa shape index (κ1) is 13.9. The molecule has 0 N–H and O–H groups in total. The second-order valence-corrected chi connectivity index (χ2v) is 6.48. The number of hydrogen-bond acceptors (Lipinski definition) is 2. The van der Waals surface area contributed by atoms with Crippen molar-refractivity contribution in [1.29, 1.82) is 5.26 Å². The lowest BCUT2D eigenvalue weighted by Crippen LogP contribution is -2.50. The minimum absolute atomic E-state index is 0.137. The van der Waals surface area contributed by atoms with Crippen molar-refractivity contribution in [3.8, 4) is 6.07 Å². The van der Waals surface area contributed by atoms with E-state index in [2.05, 4.69) is 56.9 Å². The van der Waals surface area contributed by atoms with Gasteiger partial charge in [0.05, 0.1) is 6.07 Å². The Balaban J connectivity index is 2.26. The number of benzene rings is 1. The van der Waals surface area contributed by atoms with Gasteiger partial charge in [-0.15, -0.1) is 0 Å². The van der Waals surface area contributed by atoms with Crippen molar-refractivity contribution in [1.82, 2.24) is 0 Å². The van der Waals surface area contributed by atoms with Crippen LogP contribution in [-0.4, -0.2) is 12.1 Å². The molecule has 0 spiro atoms. The summed E-state index contributed by atoms with van der Waals surface area (Å²) in [5.74, 6) is 0.557. The zero-order chi connectivity index (χ0) is 14.0. The highest BCUT2D eigenvalue weighted by molar-refractivity contribution is 5.57. The number of hydrogen-bond donors (Lipinski definition) is 0. The molecule has 2 nitrogen and oxygen atoms in total. The van der Waals surface area contributed by atoms with Crippen LogP contribution in [0.5, 0.6) is 0 Å². The maximum absolute atomic E-state index is 8.89. The van der Waals surface area contributed by atoms with Crippen molar-refractivity contribution < 1.29 is 0 Å². The number of piperidine rings is 1. The van der Waals surface area contributed by atoms with E-state index in [-0.39, 0.29) is 5.54 Å². The summed E-state index contributed by atoms with van der Waals surface area (Å²) in [6.45, 7) is 10.0. The fourth-order valence-corrected chi connectivity index (χ4v) is 3.29. The van der Waals surface area contributed by atoms with Gasteiger partial charge in [0.2, 0.25) is 0 Å². The Morgan fingerprint density at radius 3 is 2.74 bits per heavy atom. The highest BCUT2D eigenvalue weighted by Crippen LogP contribution is 2.38. The van der Waals surface area contributed by atoms with Crippen molar-refractivity contribution in [3.63, 3.8) is 0 Å². The predicted octanol–water partition coefficient (Wildman–Crippen LogP) is 4.21. The van der Waals surface area contributed by atoms with Gasteiger partial charge in [-0.1, -0.05) is 12.1 Å². The van der Waals surface area contributed by atoms with E-state index in [1.165, 1.54) is 16.8 Å². The Bertz CT molecular complexity index is 496. The lowest BCUT2D eigenvalue weighted by Gasteiger charge is -2.47. The molecule has 1 heterocycles. The maximum atomic E-state index is 8.89. The summed E-state index contributed by atoms with van der Waals surface area (Å²) < 4.78 is 0. The lowest BCUT2D eigenvalue weighted by molar-refractivity contribution is 0.276. The van der Waals surface area contributed by atoms with Crippen LogP contribution in [0.4, 0.5) is 5.69 Å². The number of rotatable bonds is 2. The van der Waals surface area contributed by atoms with Crippen LogP contribution >= 0.6 is 0 Å². The highest BCUT2D eigenvalue weighted by Gasteiger charge is 2.35. The van der Waals surface area contributed by atoms with E-state index in [0.29, 0.717) is 12.3 Å². The first-order valence-corrected chi connectivity index (χ1v) is 7.16. The van der Waals surface area contributed by atoms with Crippen LogP contribution < -0.4 is 4.90 Å². The van der Waals surface area contributed by atoms with E-state index in [9.17, 15) is 0 Å². The zero-order valence-electron chi connectivity index (χ0n) is 12.5. The third kappa shape index (κ3) is 2.92. The fraction of sp³-hybridized carbons (Fsp3) is 0.588. The molecule has 2 heteroatoms. The van der Waals surface area contributed by atoms with Crippen LogP contribution in [-0.2, 0) is 0 Å². The standard InChI is InChI=1S/C17H24N2/c1-13-5-6-14(2)16(11-13)19-10-8-15(7-9-18)12-17(19,3)4/h5-6,11,15H,7-8,10,12H2,1-4H3. The Morgan fingerprint density at radius 2 is 2.11 bits per heavy atom. The lowest BCUT2D eigenvalue weighted by atomic mass is 9.80. The quantitative estimate of drug-likeness (QED) is 0.792. The molecule has 1 aromatic carbocycles. The molecule has 1 aliphatic rings. The summed E-state index contributed by atoms with van der Waals surface area (Å²) in [7, 11) is 0. The van der Waals surface area contributed by atoms with Crippen molar-refractivity contribution in [3.05, 3.63) is 29.3 Å². The number of nitriles is 1. The van der Waals surface area contributed by atoms with Gasteiger partial charge in [0, 0.05) is 24.2 Å². The molecule has 1 fully saturated rings. The van der Waals surface area contributed by atoms with Crippen LogP contribution in [0.25, 0.3) is 0 Å². The minimum atomic E-state index is 0.137. The van der Waals surface area contributed by atoms with E-state index >= 15 is 0 Å². The summed E-state index contributed by atoms with van der Waals surface area (Å²) in [5, 5.41) is 8.89. The molecule has 1 atom stereocenters. The first-order valence-electron chi connectivity index (χ1n) is 7.16. The molecular formula is C17H24N2.